The van der Waals surface area contributed by atoms with Crippen molar-refractivity contribution in [2.75, 3.05) is 6.54 Å². The summed E-state index contributed by atoms with van der Waals surface area (Å²) in [6.07, 6.45) is 7.62. The van der Waals surface area contributed by atoms with Gasteiger partial charge in [-0.1, -0.05) is 38.6 Å². The van der Waals surface area contributed by atoms with E-state index in [0.29, 0.717) is 19.4 Å². The van der Waals surface area contributed by atoms with Crippen LogP contribution in [0.25, 0.3) is 16.8 Å². The van der Waals surface area contributed by atoms with E-state index >= 15 is 0 Å². The van der Waals surface area contributed by atoms with E-state index in [1.807, 2.05) is 45.0 Å². The van der Waals surface area contributed by atoms with Crippen molar-refractivity contribution < 1.29 is 19.2 Å². The smallest absolute Gasteiger partial charge is 0.258 e. The molecular formula is C30H40N6O4. The molecular weight excluding hydrogens is 508 g/mol. The lowest BCUT2D eigenvalue weighted by Gasteiger charge is -2.35. The second-order valence-electron chi connectivity index (χ2n) is 10.4. The van der Waals surface area contributed by atoms with Gasteiger partial charge in [0.2, 0.25) is 17.7 Å². The van der Waals surface area contributed by atoms with Crippen LogP contribution in [0.5, 0.6) is 0 Å². The summed E-state index contributed by atoms with van der Waals surface area (Å²) >= 11 is 0. The summed E-state index contributed by atoms with van der Waals surface area (Å²) < 4.78 is 0. The number of benzene rings is 1. The highest BCUT2D eigenvalue weighted by Crippen LogP contribution is 2.21. The van der Waals surface area contributed by atoms with Crippen molar-refractivity contribution in [1.82, 2.24) is 31.4 Å². The molecule has 0 radical (unpaired) electrons. The van der Waals surface area contributed by atoms with Crippen LogP contribution in [0.4, 0.5) is 0 Å². The molecule has 1 saturated heterocycles. The quantitative estimate of drug-likeness (QED) is 0.338. The summed E-state index contributed by atoms with van der Waals surface area (Å²) in [5.74, 6) is -1.57. The number of nitrogens with zero attached hydrogens (tertiary/aromatic N) is 2. The number of rotatable bonds is 10. The van der Waals surface area contributed by atoms with E-state index in [1.54, 1.807) is 32.2 Å². The minimum atomic E-state index is -0.854. The van der Waals surface area contributed by atoms with Gasteiger partial charge < -0.3 is 16.0 Å². The van der Waals surface area contributed by atoms with Crippen LogP contribution >= 0.6 is 0 Å². The lowest BCUT2D eigenvalue weighted by molar-refractivity contribution is -0.143. The van der Waals surface area contributed by atoms with Crippen molar-refractivity contribution in [1.29, 1.82) is 0 Å². The Morgan fingerprint density at radius 2 is 1.82 bits per heavy atom. The monoisotopic (exact) mass is 548 g/mol. The highest BCUT2D eigenvalue weighted by Gasteiger charge is 2.32. The summed E-state index contributed by atoms with van der Waals surface area (Å²) in [7, 11) is 0. The molecule has 0 aliphatic carbocycles. The molecule has 0 saturated carbocycles. The minimum Gasteiger partial charge on any atom is -0.348 e. The van der Waals surface area contributed by atoms with Crippen LogP contribution in [0.2, 0.25) is 0 Å². The van der Waals surface area contributed by atoms with Gasteiger partial charge in [0.25, 0.3) is 5.91 Å². The fraction of sp³-hybridized carbons (Fsp3) is 0.433. The molecule has 214 valence electrons. The molecule has 10 heteroatoms. The third kappa shape index (κ3) is 7.75. The molecule has 1 aromatic heterocycles. The van der Waals surface area contributed by atoms with E-state index in [2.05, 4.69) is 32.9 Å². The van der Waals surface area contributed by atoms with Gasteiger partial charge in [-0.15, -0.1) is 0 Å². The first kappa shape index (κ1) is 30.5. The Balaban J connectivity index is 1.59. The fourth-order valence-corrected chi connectivity index (χ4v) is 4.58. The molecule has 1 fully saturated rings. The topological polar surface area (TPSA) is 133 Å². The lowest BCUT2D eigenvalue weighted by atomic mass is 10.0. The van der Waals surface area contributed by atoms with Crippen molar-refractivity contribution in [3.05, 3.63) is 60.5 Å². The first-order chi connectivity index (χ1) is 19.0. The molecule has 4 N–H and O–H groups in total. The maximum Gasteiger partial charge on any atom is 0.258 e. The van der Waals surface area contributed by atoms with Crippen LogP contribution in [-0.2, 0) is 19.2 Å². The van der Waals surface area contributed by atoms with Gasteiger partial charge in [-0.25, -0.2) is 5.43 Å². The van der Waals surface area contributed by atoms with Gasteiger partial charge in [0.05, 0.1) is 11.7 Å². The standard InChI is InChI=1S/C30H40N6O4/c1-7-10-26(37)34-27(18(3)4)29(39)33-20(6)30(40)36-14-9-11-25(35-36)28(38)32-19(5)21-12-13-22-17-31-24(8-2)16-23(22)15-21/h7-8,10,12-13,15-20,25,27,35H,2,9,11,14H2,1,3-6H3,(H,32,38)(H,33,39)(H,34,37)/b10-7+/t19-,20+,25+,27+/m1/s1. The van der Waals surface area contributed by atoms with Crippen LogP contribution in [0.3, 0.4) is 0 Å². The third-order valence-corrected chi connectivity index (χ3v) is 6.90. The Bertz CT molecular complexity index is 1290. The van der Waals surface area contributed by atoms with Gasteiger partial charge in [0, 0.05) is 18.1 Å². The second-order valence-corrected chi connectivity index (χ2v) is 10.4. The molecule has 4 amide bonds. The molecule has 2 heterocycles. The largest absolute Gasteiger partial charge is 0.348 e. The van der Waals surface area contributed by atoms with E-state index in [1.165, 1.54) is 11.1 Å². The maximum atomic E-state index is 13.1. The Kier molecular flexibility index (Phi) is 10.6. The molecule has 10 nitrogen and oxygen atoms in total. The molecule has 3 rings (SSSR count). The van der Waals surface area contributed by atoms with E-state index in [4.69, 9.17) is 0 Å². The highest BCUT2D eigenvalue weighted by molar-refractivity contribution is 5.95. The molecule has 2 aromatic rings. The number of allylic oxidation sites excluding steroid dienone is 1. The van der Waals surface area contributed by atoms with Gasteiger partial charge in [0.15, 0.2) is 0 Å². The van der Waals surface area contributed by atoms with Crippen molar-refractivity contribution in [2.45, 2.75) is 71.6 Å². The summed E-state index contributed by atoms with van der Waals surface area (Å²) in [4.78, 5) is 55.4. The zero-order valence-corrected chi connectivity index (χ0v) is 23.9. The second kappa shape index (κ2) is 13.8. The van der Waals surface area contributed by atoms with E-state index in [0.717, 1.165) is 22.0 Å². The number of carbonyl (C=O) groups excluding carboxylic acids is 4. The van der Waals surface area contributed by atoms with Gasteiger partial charge in [-0.05, 0) is 74.8 Å². The molecule has 1 aliphatic heterocycles. The van der Waals surface area contributed by atoms with Crippen molar-refractivity contribution in [3.63, 3.8) is 0 Å². The van der Waals surface area contributed by atoms with Gasteiger partial charge in [-0.3, -0.25) is 29.2 Å². The fourth-order valence-electron chi connectivity index (χ4n) is 4.58. The van der Waals surface area contributed by atoms with Crippen molar-refractivity contribution in [3.8, 4) is 0 Å². The molecule has 0 bridgehead atoms. The number of carbonyl (C=O) groups is 4. The average Bonchev–Trinajstić information content (AvgIpc) is 2.94. The predicted octanol–water partition coefficient (Wildman–Crippen LogP) is 2.77. The van der Waals surface area contributed by atoms with Crippen LogP contribution in [-0.4, -0.2) is 58.3 Å². The number of hydrazine groups is 1. The normalized spacial score (nSPS) is 17.8. The molecule has 0 spiro atoms. The summed E-state index contributed by atoms with van der Waals surface area (Å²) in [6, 6.07) is 5.41. The number of fused-ring (bicyclic) bond motifs is 1. The number of pyridine rings is 1. The third-order valence-electron chi connectivity index (χ3n) is 6.90. The molecule has 40 heavy (non-hydrogen) atoms. The Labute approximate surface area is 235 Å². The number of hydrogen-bond donors (Lipinski definition) is 4. The molecule has 4 atom stereocenters. The number of hydrogen-bond acceptors (Lipinski definition) is 6. The first-order valence-electron chi connectivity index (χ1n) is 13.7. The Morgan fingerprint density at radius 3 is 2.50 bits per heavy atom. The van der Waals surface area contributed by atoms with E-state index < -0.39 is 24.0 Å². The number of nitrogens with one attached hydrogen (secondary N) is 4. The van der Waals surface area contributed by atoms with Crippen LogP contribution < -0.4 is 21.4 Å². The highest BCUT2D eigenvalue weighted by atomic mass is 16.2. The Hall–Kier alpha value is -4.05. The summed E-state index contributed by atoms with van der Waals surface area (Å²) in [5.41, 5.74) is 4.76. The molecule has 1 aromatic carbocycles. The van der Waals surface area contributed by atoms with Crippen molar-refractivity contribution >= 4 is 40.5 Å². The zero-order valence-electron chi connectivity index (χ0n) is 23.9. The van der Waals surface area contributed by atoms with Gasteiger partial charge in [0.1, 0.15) is 18.1 Å². The van der Waals surface area contributed by atoms with Gasteiger partial charge >= 0.3 is 0 Å². The lowest BCUT2D eigenvalue weighted by Crippen LogP contribution is -2.61. The maximum absolute atomic E-state index is 13.1. The first-order valence-corrected chi connectivity index (χ1v) is 13.7. The predicted molar refractivity (Wildman–Crippen MR) is 155 cm³/mol. The Morgan fingerprint density at radius 1 is 1.07 bits per heavy atom. The van der Waals surface area contributed by atoms with E-state index in [-0.39, 0.29) is 29.7 Å². The van der Waals surface area contributed by atoms with Crippen LogP contribution in [0, 0.1) is 5.92 Å². The molecule has 0 unspecified atom stereocenters. The van der Waals surface area contributed by atoms with E-state index in [9.17, 15) is 19.2 Å². The van der Waals surface area contributed by atoms with Crippen molar-refractivity contribution in [2.24, 2.45) is 5.92 Å². The molecule has 1 aliphatic rings. The van der Waals surface area contributed by atoms with Crippen LogP contribution in [0.1, 0.15) is 64.8 Å². The van der Waals surface area contributed by atoms with Crippen LogP contribution in [0.15, 0.2) is 49.2 Å². The SMILES string of the molecule is C=Cc1cc2cc([C@@H](C)NC(=O)[C@@H]3CCCN(C(=O)[C@H](C)NC(=O)[C@@H](NC(=O)/C=C/C)C(C)C)N3)ccc2cn1. The average molecular weight is 549 g/mol. The zero-order chi connectivity index (χ0) is 29.4. The summed E-state index contributed by atoms with van der Waals surface area (Å²) in [6.45, 7) is 13.0. The number of aromatic nitrogens is 1. The number of amides is 4. The minimum absolute atomic E-state index is 0.178. The van der Waals surface area contributed by atoms with Gasteiger partial charge in [-0.2, -0.15) is 0 Å². The summed E-state index contributed by atoms with van der Waals surface area (Å²) in [5, 5.41) is 11.8.